The molecule has 1 aliphatic carbocycles. The summed E-state index contributed by atoms with van der Waals surface area (Å²) in [4.78, 5) is 17.4. The first-order valence-electron chi connectivity index (χ1n) is 12.0. The van der Waals surface area contributed by atoms with Crippen molar-refractivity contribution in [3.05, 3.63) is 60.7 Å². The summed E-state index contributed by atoms with van der Waals surface area (Å²) in [5, 5.41) is 13.9. The lowest BCUT2D eigenvalue weighted by Gasteiger charge is -2.15. The van der Waals surface area contributed by atoms with Gasteiger partial charge in [-0.15, -0.1) is 10.2 Å². The molecular weight excluding hydrogens is 442 g/mol. The van der Waals surface area contributed by atoms with Crippen LogP contribution in [0.1, 0.15) is 38.5 Å². The Kier molecular flexibility index (Phi) is 6.90. The number of pyridine rings is 1. The Balaban J connectivity index is 1.38. The van der Waals surface area contributed by atoms with Crippen molar-refractivity contribution >= 4 is 28.6 Å². The van der Waals surface area contributed by atoms with Gasteiger partial charge in [0, 0.05) is 29.6 Å². The largest absolute Gasteiger partial charge is 0.353 e. The first-order valence-corrected chi connectivity index (χ1v) is 12.9. The molecule has 5 rings (SSSR count). The van der Waals surface area contributed by atoms with Crippen molar-refractivity contribution in [2.45, 2.75) is 49.7 Å². The average molecular weight is 472 g/mol. The average Bonchev–Trinajstić information content (AvgIpc) is 3.05. The highest BCUT2D eigenvalue weighted by atomic mass is 32.2. The van der Waals surface area contributed by atoms with Crippen LogP contribution in [0.2, 0.25) is 0 Å². The van der Waals surface area contributed by atoms with Gasteiger partial charge < -0.3 is 9.88 Å². The predicted octanol–water partition coefficient (Wildman–Crippen LogP) is 5.63. The maximum absolute atomic E-state index is 12.6. The van der Waals surface area contributed by atoms with Crippen molar-refractivity contribution in [3.8, 4) is 22.6 Å². The van der Waals surface area contributed by atoms with Gasteiger partial charge in [0.05, 0.1) is 17.0 Å². The maximum Gasteiger partial charge on any atom is 0.230 e. The normalized spacial score (nSPS) is 14.7. The smallest absolute Gasteiger partial charge is 0.230 e. The number of fused-ring (bicyclic) bond motifs is 1. The zero-order chi connectivity index (χ0) is 23.3. The van der Waals surface area contributed by atoms with Crippen LogP contribution in [0.5, 0.6) is 0 Å². The SMILES string of the molecule is Cn1c(SCC(=O)NC2CCCCCC2)nnc1-c1cc(-c2ccccc2)nc2ccccc12. The van der Waals surface area contributed by atoms with Crippen LogP contribution in [0, 0.1) is 0 Å². The zero-order valence-corrected chi connectivity index (χ0v) is 20.2. The highest BCUT2D eigenvalue weighted by Gasteiger charge is 2.19. The van der Waals surface area contributed by atoms with Crippen LogP contribution in [-0.4, -0.2) is 37.5 Å². The Bertz CT molecular complexity index is 1280. The Morgan fingerprint density at radius 3 is 2.53 bits per heavy atom. The van der Waals surface area contributed by atoms with Crippen molar-refractivity contribution in [2.75, 3.05) is 5.75 Å². The van der Waals surface area contributed by atoms with Crippen molar-refractivity contribution < 1.29 is 4.79 Å². The predicted molar refractivity (Wildman–Crippen MR) is 138 cm³/mol. The van der Waals surface area contributed by atoms with Gasteiger partial charge in [-0.1, -0.05) is 86.0 Å². The summed E-state index contributed by atoms with van der Waals surface area (Å²) < 4.78 is 1.97. The van der Waals surface area contributed by atoms with E-state index in [9.17, 15) is 4.79 Å². The number of carbonyl (C=O) groups excluding carboxylic acids is 1. The Hall–Kier alpha value is -3.19. The molecule has 1 amide bonds. The molecule has 2 heterocycles. The second-order valence-corrected chi connectivity index (χ2v) is 9.79. The van der Waals surface area contributed by atoms with Gasteiger partial charge in [-0.3, -0.25) is 4.79 Å². The first-order chi connectivity index (χ1) is 16.7. The van der Waals surface area contributed by atoms with Crippen LogP contribution in [0.4, 0.5) is 0 Å². The molecule has 2 aromatic heterocycles. The number of para-hydroxylation sites is 1. The van der Waals surface area contributed by atoms with Gasteiger partial charge in [0.2, 0.25) is 5.91 Å². The number of hydrogen-bond donors (Lipinski definition) is 1. The second-order valence-electron chi connectivity index (χ2n) is 8.85. The molecule has 2 aromatic carbocycles. The molecule has 0 unspecified atom stereocenters. The monoisotopic (exact) mass is 471 g/mol. The van der Waals surface area contributed by atoms with Gasteiger partial charge in [-0.2, -0.15) is 0 Å². The van der Waals surface area contributed by atoms with E-state index in [0.29, 0.717) is 11.8 Å². The Morgan fingerprint density at radius 2 is 1.74 bits per heavy atom. The molecule has 1 N–H and O–H groups in total. The highest BCUT2D eigenvalue weighted by Crippen LogP contribution is 2.32. The molecule has 4 aromatic rings. The lowest BCUT2D eigenvalue weighted by Crippen LogP contribution is -2.35. The Morgan fingerprint density at radius 1 is 1.00 bits per heavy atom. The molecule has 0 saturated heterocycles. The van der Waals surface area contributed by atoms with E-state index in [-0.39, 0.29) is 5.91 Å². The van der Waals surface area contributed by atoms with Crippen LogP contribution in [-0.2, 0) is 11.8 Å². The van der Waals surface area contributed by atoms with E-state index in [4.69, 9.17) is 4.98 Å². The molecule has 34 heavy (non-hydrogen) atoms. The third-order valence-corrected chi connectivity index (χ3v) is 7.43. The van der Waals surface area contributed by atoms with Crippen molar-refractivity contribution in [1.82, 2.24) is 25.1 Å². The minimum Gasteiger partial charge on any atom is -0.353 e. The summed E-state index contributed by atoms with van der Waals surface area (Å²) in [6, 6.07) is 20.6. The highest BCUT2D eigenvalue weighted by molar-refractivity contribution is 7.99. The van der Waals surface area contributed by atoms with Gasteiger partial charge in [0.25, 0.3) is 0 Å². The number of hydrogen-bond acceptors (Lipinski definition) is 5. The van der Waals surface area contributed by atoms with E-state index in [0.717, 1.165) is 51.5 Å². The van der Waals surface area contributed by atoms with E-state index in [1.807, 2.05) is 48.0 Å². The molecule has 0 bridgehead atoms. The molecule has 0 spiro atoms. The number of nitrogens with zero attached hydrogens (tertiary/aromatic N) is 4. The van der Waals surface area contributed by atoms with Crippen LogP contribution in [0.15, 0.2) is 65.8 Å². The molecule has 1 fully saturated rings. The third kappa shape index (κ3) is 4.99. The summed E-state index contributed by atoms with van der Waals surface area (Å²) >= 11 is 1.43. The summed E-state index contributed by atoms with van der Waals surface area (Å²) in [5.74, 6) is 1.18. The summed E-state index contributed by atoms with van der Waals surface area (Å²) in [6.07, 6.45) is 7.13. The summed E-state index contributed by atoms with van der Waals surface area (Å²) in [6.45, 7) is 0. The number of benzene rings is 2. The van der Waals surface area contributed by atoms with Crippen LogP contribution in [0.3, 0.4) is 0 Å². The Labute approximate surface area is 204 Å². The number of amides is 1. The third-order valence-electron chi connectivity index (χ3n) is 6.41. The quantitative estimate of drug-likeness (QED) is 0.291. The molecule has 6 nitrogen and oxygen atoms in total. The summed E-state index contributed by atoms with van der Waals surface area (Å²) in [7, 11) is 1.96. The van der Waals surface area contributed by atoms with Crippen LogP contribution in [0.25, 0.3) is 33.5 Å². The molecule has 1 aliphatic rings. The van der Waals surface area contributed by atoms with Gasteiger partial charge in [-0.05, 0) is 25.0 Å². The van der Waals surface area contributed by atoms with E-state index < -0.39 is 0 Å². The lowest BCUT2D eigenvalue weighted by molar-refractivity contribution is -0.119. The van der Waals surface area contributed by atoms with E-state index >= 15 is 0 Å². The molecule has 7 heteroatoms. The number of thioether (sulfide) groups is 1. The number of aromatic nitrogens is 4. The number of carbonyl (C=O) groups is 1. The topological polar surface area (TPSA) is 72.7 Å². The number of nitrogens with one attached hydrogen (secondary N) is 1. The fraction of sp³-hybridized carbons (Fsp3) is 0.333. The fourth-order valence-corrected chi connectivity index (χ4v) is 5.34. The second kappa shape index (κ2) is 10.4. The van der Waals surface area contributed by atoms with Crippen molar-refractivity contribution in [3.63, 3.8) is 0 Å². The van der Waals surface area contributed by atoms with Crippen molar-refractivity contribution in [2.24, 2.45) is 7.05 Å². The van der Waals surface area contributed by atoms with E-state index in [1.54, 1.807) is 0 Å². The minimum atomic E-state index is 0.0715. The van der Waals surface area contributed by atoms with Gasteiger partial charge in [0.1, 0.15) is 0 Å². The molecule has 0 aliphatic heterocycles. The van der Waals surface area contributed by atoms with E-state index in [1.165, 1.54) is 37.4 Å². The molecule has 0 radical (unpaired) electrons. The van der Waals surface area contributed by atoms with Crippen molar-refractivity contribution in [1.29, 1.82) is 0 Å². The van der Waals surface area contributed by atoms with Crippen LogP contribution < -0.4 is 5.32 Å². The minimum absolute atomic E-state index is 0.0715. The van der Waals surface area contributed by atoms with Gasteiger partial charge in [-0.25, -0.2) is 4.98 Å². The van der Waals surface area contributed by atoms with Gasteiger partial charge >= 0.3 is 0 Å². The standard InChI is InChI=1S/C27H29N5OS/c1-32-26(30-31-27(32)34-18-25(33)28-20-13-7-2-3-8-14-20)22-17-24(19-11-5-4-6-12-19)29-23-16-10-9-15-21(22)23/h4-6,9-12,15-17,20H,2-3,7-8,13-14,18H2,1H3,(H,28,33). The number of rotatable bonds is 6. The molecular formula is C27H29N5OS. The maximum atomic E-state index is 12.6. The lowest BCUT2D eigenvalue weighted by atomic mass is 10.0. The first kappa shape index (κ1) is 22.6. The van der Waals surface area contributed by atoms with Gasteiger partial charge in [0.15, 0.2) is 11.0 Å². The molecule has 174 valence electrons. The molecule has 1 saturated carbocycles. The van der Waals surface area contributed by atoms with Crippen LogP contribution >= 0.6 is 11.8 Å². The zero-order valence-electron chi connectivity index (χ0n) is 19.4. The fourth-order valence-electron chi connectivity index (χ4n) is 4.62. The molecule has 0 atom stereocenters. The summed E-state index contributed by atoms with van der Waals surface area (Å²) in [5.41, 5.74) is 3.85. The van der Waals surface area contributed by atoms with E-state index in [2.05, 4.69) is 39.8 Å².